The number of hydrogen-bond acceptors (Lipinski definition) is 5. The maximum Gasteiger partial charge on any atom is 0.165 e. The van der Waals surface area contributed by atoms with Gasteiger partial charge in [-0.2, -0.15) is 0 Å². The normalized spacial score (nSPS) is 11.7. The Bertz CT molecular complexity index is 3220. The van der Waals surface area contributed by atoms with Crippen molar-refractivity contribution in [1.29, 1.82) is 0 Å². The molecule has 0 fully saturated rings. The first kappa shape index (κ1) is 30.7. The molecule has 5 heteroatoms. The molecule has 54 heavy (non-hydrogen) atoms. The molecular weight excluding hydrogens is 679 g/mol. The number of thiophene rings is 1. The highest BCUT2D eigenvalue weighted by molar-refractivity contribution is 7.26. The second-order valence-electron chi connectivity index (χ2n) is 13.6. The van der Waals surface area contributed by atoms with Crippen molar-refractivity contribution in [2.24, 2.45) is 0 Å². The first-order valence-electron chi connectivity index (χ1n) is 18.0. The molecule has 0 bridgehead atoms. The highest BCUT2D eigenvalue weighted by Crippen LogP contribution is 2.44. The number of furan rings is 1. The predicted molar refractivity (Wildman–Crippen MR) is 225 cm³/mol. The van der Waals surface area contributed by atoms with E-state index in [1.807, 2.05) is 24.3 Å². The standard InChI is InChI=1S/C49H29N3OS/c1-3-13-30(14-4-1)32-19-11-20-35(27-32)36-25-26-39(44-41-28-33-17-7-8-18-34(33)29-42(41)53-45(36)44)48-50-47(31-15-5-2-6-16-31)51-49(52-48)40-23-12-22-38-37-21-9-10-24-43(37)54-46(38)40/h1-29H. The zero-order valence-electron chi connectivity index (χ0n) is 28.9. The van der Waals surface area contributed by atoms with Gasteiger partial charge in [-0.05, 0) is 69.9 Å². The largest absolute Gasteiger partial charge is 0.455 e. The number of hydrogen-bond donors (Lipinski definition) is 0. The number of rotatable bonds is 5. The average Bonchev–Trinajstić information content (AvgIpc) is 3.81. The van der Waals surface area contributed by atoms with E-state index >= 15 is 0 Å². The lowest BCUT2D eigenvalue weighted by atomic mass is 9.95. The van der Waals surface area contributed by atoms with Crippen LogP contribution < -0.4 is 0 Å². The zero-order valence-corrected chi connectivity index (χ0v) is 29.7. The molecule has 0 unspecified atom stereocenters. The summed E-state index contributed by atoms with van der Waals surface area (Å²) in [5.74, 6) is 1.87. The van der Waals surface area contributed by atoms with Gasteiger partial charge >= 0.3 is 0 Å². The smallest absolute Gasteiger partial charge is 0.165 e. The quantitative estimate of drug-likeness (QED) is 0.179. The molecular formula is C49H29N3OS. The molecule has 0 aliphatic carbocycles. The van der Waals surface area contributed by atoms with Gasteiger partial charge in [-0.1, -0.05) is 133 Å². The minimum Gasteiger partial charge on any atom is -0.455 e. The lowest BCUT2D eigenvalue weighted by molar-refractivity contribution is 0.670. The molecule has 11 rings (SSSR count). The summed E-state index contributed by atoms with van der Waals surface area (Å²) < 4.78 is 9.31. The summed E-state index contributed by atoms with van der Waals surface area (Å²) in [6.07, 6.45) is 0. The van der Waals surface area contributed by atoms with E-state index in [1.165, 1.54) is 21.0 Å². The Labute approximate surface area is 314 Å². The van der Waals surface area contributed by atoms with Crippen LogP contribution in [0.25, 0.3) is 109 Å². The van der Waals surface area contributed by atoms with E-state index in [2.05, 4.69) is 152 Å². The Balaban J connectivity index is 1.20. The van der Waals surface area contributed by atoms with Crippen LogP contribution >= 0.6 is 11.3 Å². The molecule has 11 aromatic rings. The van der Waals surface area contributed by atoms with Gasteiger partial charge in [0.05, 0.1) is 0 Å². The van der Waals surface area contributed by atoms with E-state index < -0.39 is 0 Å². The van der Waals surface area contributed by atoms with Gasteiger partial charge in [0.25, 0.3) is 0 Å². The highest BCUT2D eigenvalue weighted by Gasteiger charge is 2.22. The molecule has 0 saturated carbocycles. The van der Waals surface area contributed by atoms with Crippen LogP contribution in [0.3, 0.4) is 0 Å². The second-order valence-corrected chi connectivity index (χ2v) is 14.6. The fourth-order valence-corrected chi connectivity index (χ4v) is 8.94. The van der Waals surface area contributed by atoms with Crippen LogP contribution in [0, 0.1) is 0 Å². The summed E-state index contributed by atoms with van der Waals surface area (Å²) in [5, 5.41) is 6.72. The SMILES string of the molecule is c1ccc(-c2cccc(-c3ccc(-c4nc(-c5ccccc5)nc(-c5cccc6c5sc5ccccc56)n4)c4c3oc3cc5ccccc5cc34)c2)cc1. The Morgan fingerprint density at radius 2 is 1.00 bits per heavy atom. The monoisotopic (exact) mass is 707 g/mol. The molecule has 0 amide bonds. The minimum absolute atomic E-state index is 0.599. The number of aromatic nitrogens is 3. The molecule has 8 aromatic carbocycles. The van der Waals surface area contributed by atoms with Crippen LogP contribution in [0.1, 0.15) is 0 Å². The van der Waals surface area contributed by atoms with Gasteiger partial charge in [-0.15, -0.1) is 11.3 Å². The van der Waals surface area contributed by atoms with Gasteiger partial charge in [0.1, 0.15) is 11.2 Å². The van der Waals surface area contributed by atoms with Crippen LogP contribution in [0.15, 0.2) is 180 Å². The van der Waals surface area contributed by atoms with E-state index in [0.29, 0.717) is 17.5 Å². The highest BCUT2D eigenvalue weighted by atomic mass is 32.1. The average molecular weight is 708 g/mol. The minimum atomic E-state index is 0.599. The maximum absolute atomic E-state index is 6.91. The summed E-state index contributed by atoms with van der Waals surface area (Å²) in [4.78, 5) is 15.7. The molecule has 3 heterocycles. The van der Waals surface area contributed by atoms with Crippen LogP contribution in [-0.4, -0.2) is 15.0 Å². The van der Waals surface area contributed by atoms with Crippen LogP contribution in [-0.2, 0) is 0 Å². The van der Waals surface area contributed by atoms with Gasteiger partial charge in [-0.25, -0.2) is 15.0 Å². The fraction of sp³-hybridized carbons (Fsp3) is 0. The van der Waals surface area contributed by atoms with Gasteiger partial charge in [0.15, 0.2) is 17.5 Å². The van der Waals surface area contributed by atoms with Gasteiger partial charge in [-0.3, -0.25) is 0 Å². The fourth-order valence-electron chi connectivity index (χ4n) is 7.73. The molecule has 0 N–H and O–H groups in total. The Hall–Kier alpha value is -6.95. The number of benzene rings is 8. The zero-order chi connectivity index (χ0) is 35.6. The van der Waals surface area contributed by atoms with Crippen LogP contribution in [0.5, 0.6) is 0 Å². The van der Waals surface area contributed by atoms with E-state index in [1.54, 1.807) is 11.3 Å². The summed E-state index contributed by atoms with van der Waals surface area (Å²) >= 11 is 1.78. The van der Waals surface area contributed by atoms with Crippen LogP contribution in [0.2, 0.25) is 0 Å². The Morgan fingerprint density at radius 1 is 0.389 bits per heavy atom. The van der Waals surface area contributed by atoms with E-state index in [-0.39, 0.29) is 0 Å². The topological polar surface area (TPSA) is 51.8 Å². The van der Waals surface area contributed by atoms with Crippen molar-refractivity contribution < 1.29 is 4.42 Å². The summed E-state index contributed by atoms with van der Waals surface area (Å²) in [6, 6.07) is 61.5. The lowest BCUT2D eigenvalue weighted by Gasteiger charge is -2.12. The van der Waals surface area contributed by atoms with Crippen LogP contribution in [0.4, 0.5) is 0 Å². The first-order valence-corrected chi connectivity index (χ1v) is 18.8. The lowest BCUT2D eigenvalue weighted by Crippen LogP contribution is -2.00. The predicted octanol–water partition coefficient (Wildman–Crippen LogP) is 13.6. The van der Waals surface area contributed by atoms with Gasteiger partial charge in [0, 0.05) is 53.2 Å². The van der Waals surface area contributed by atoms with Gasteiger partial charge < -0.3 is 4.42 Å². The van der Waals surface area contributed by atoms with Crippen molar-refractivity contribution in [3.05, 3.63) is 176 Å². The third-order valence-electron chi connectivity index (χ3n) is 10.3. The van der Waals surface area contributed by atoms with Crippen molar-refractivity contribution in [3.63, 3.8) is 0 Å². The molecule has 0 atom stereocenters. The maximum atomic E-state index is 6.91. The van der Waals surface area contributed by atoms with Crippen molar-refractivity contribution in [3.8, 4) is 56.4 Å². The molecule has 0 aliphatic heterocycles. The van der Waals surface area contributed by atoms with Gasteiger partial charge in [0.2, 0.25) is 0 Å². The number of fused-ring (bicyclic) bond motifs is 7. The third-order valence-corrected chi connectivity index (χ3v) is 11.5. The Kier molecular flexibility index (Phi) is 7.00. The first-order chi connectivity index (χ1) is 26.7. The molecule has 0 radical (unpaired) electrons. The van der Waals surface area contributed by atoms with Crippen molar-refractivity contribution in [2.75, 3.05) is 0 Å². The van der Waals surface area contributed by atoms with E-state index in [9.17, 15) is 0 Å². The third kappa shape index (κ3) is 5.01. The number of nitrogens with zero attached hydrogens (tertiary/aromatic N) is 3. The van der Waals surface area contributed by atoms with E-state index in [0.717, 1.165) is 70.8 Å². The van der Waals surface area contributed by atoms with Crippen molar-refractivity contribution >= 4 is 64.2 Å². The van der Waals surface area contributed by atoms with Crippen molar-refractivity contribution in [2.45, 2.75) is 0 Å². The molecule has 3 aromatic heterocycles. The molecule has 4 nitrogen and oxygen atoms in total. The van der Waals surface area contributed by atoms with E-state index in [4.69, 9.17) is 19.4 Å². The second kappa shape index (κ2) is 12.3. The summed E-state index contributed by atoms with van der Waals surface area (Å²) in [6.45, 7) is 0. The molecule has 0 spiro atoms. The molecule has 0 saturated heterocycles. The molecule has 252 valence electrons. The Morgan fingerprint density at radius 3 is 1.83 bits per heavy atom. The summed E-state index contributed by atoms with van der Waals surface area (Å²) in [7, 11) is 0. The summed E-state index contributed by atoms with van der Waals surface area (Å²) in [5.41, 5.74) is 8.85. The van der Waals surface area contributed by atoms with Crippen molar-refractivity contribution in [1.82, 2.24) is 15.0 Å². The molecule has 0 aliphatic rings.